The fraction of sp³-hybridized carbons (Fsp3) is 0.111. The highest BCUT2D eigenvalue weighted by Crippen LogP contribution is 2.57. The summed E-state index contributed by atoms with van der Waals surface area (Å²) in [6.45, 7) is 12.7. The highest BCUT2D eigenvalue weighted by atomic mass is 79.9. The van der Waals surface area contributed by atoms with Crippen LogP contribution in [0.5, 0.6) is 0 Å². The molecule has 7 aliphatic carbocycles. The number of allylic oxidation sites excluding steroid dienone is 16. The first-order chi connectivity index (χ1) is 46.4. The first-order valence-electron chi connectivity index (χ1n) is 33.0. The molecule has 5 heteroatoms. The van der Waals surface area contributed by atoms with Gasteiger partial charge in [-0.15, -0.1) is 0 Å². The second-order valence-electron chi connectivity index (χ2n) is 25.9. The Bertz CT molecular complexity index is 4850. The Kier molecular flexibility index (Phi) is 16.8. The Balaban J connectivity index is 0.000000122. The first kappa shape index (κ1) is 61.2. The molecule has 0 aromatic heterocycles. The third kappa shape index (κ3) is 12.0. The standard InChI is InChI=1S/C44H36N2.C16H10Br2.C16H12.C14H15N/c1-29-8-16-33(17-9-29)45(34-18-10-30(2)11-19-34)37-24-25-38-40-26-27-43(41-7-5-6-39(44(40)41)42(38)28-37)46(35-20-12-31(3)13-21-35)36-22-14-32(4)15-23-36;17-9-4-5-10-12-6-7-15(18)13-3-1-2-11(16(12)13)14(10)8-9;1-2-8-13-12(7-1)14-9-3-5-11-6-4-10-15(13)16(11)14;1-11-3-7-13(8-4-11)15-14-9-5-12(2)6-10-14/h5-28H,1-4H3;1-8,13,16H;1-11,16H;3-10,15H,1-2H3. The second-order valence-corrected chi connectivity index (χ2v) is 27.8. The normalized spacial score (nSPS) is 17.0. The van der Waals surface area contributed by atoms with Crippen LogP contribution in [0.3, 0.4) is 0 Å². The molecular weight excluding hydrogens is 1280 g/mol. The summed E-state index contributed by atoms with van der Waals surface area (Å²) in [7, 11) is 0. The minimum Gasteiger partial charge on any atom is -0.356 e. The fourth-order valence-corrected chi connectivity index (χ4v) is 15.5. The predicted molar refractivity (Wildman–Crippen MR) is 413 cm³/mol. The molecule has 1 N–H and O–H groups in total. The summed E-state index contributed by atoms with van der Waals surface area (Å²) in [5.74, 6) is 2.11. The van der Waals surface area contributed by atoms with Gasteiger partial charge in [0.2, 0.25) is 0 Å². The number of aryl methyl sites for hydroxylation is 6. The van der Waals surface area contributed by atoms with E-state index >= 15 is 0 Å². The van der Waals surface area contributed by atoms with Crippen molar-refractivity contribution in [1.29, 1.82) is 0 Å². The number of hydrogen-bond acceptors (Lipinski definition) is 3. The second kappa shape index (κ2) is 26.0. The van der Waals surface area contributed by atoms with Crippen molar-refractivity contribution in [3.8, 4) is 22.3 Å². The van der Waals surface area contributed by atoms with Crippen LogP contribution in [0, 0.1) is 65.2 Å². The molecule has 2 unspecified atom stereocenters. The van der Waals surface area contributed by atoms with E-state index in [1.54, 1.807) is 0 Å². The van der Waals surface area contributed by atoms with Gasteiger partial charge in [-0.05, 0) is 217 Å². The van der Waals surface area contributed by atoms with E-state index in [1.165, 1.54) is 121 Å². The molecule has 0 bridgehead atoms. The van der Waals surface area contributed by atoms with Crippen LogP contribution in [0.15, 0.2) is 312 Å². The van der Waals surface area contributed by atoms with Gasteiger partial charge >= 0.3 is 0 Å². The molecule has 11 aromatic rings. The fourth-order valence-electron chi connectivity index (χ4n) is 14.6. The summed E-state index contributed by atoms with van der Waals surface area (Å²) in [4.78, 5) is 4.76. The number of anilines is 8. The maximum Gasteiger partial charge on any atom is 0.0540 e. The molecule has 0 saturated carbocycles. The number of fused-ring (bicyclic) bond motifs is 9. The van der Waals surface area contributed by atoms with Gasteiger partial charge in [0.05, 0.1) is 5.69 Å². The lowest BCUT2D eigenvalue weighted by atomic mass is 9.78. The maximum absolute atomic E-state index is 3.70. The molecule has 3 nitrogen and oxygen atoms in total. The molecule has 11 aromatic carbocycles. The SMILES string of the molecule is BrC1=CC=C2c3ccc(Br)cc3C3=CC=CC1C23.C1=CC2C=CC=C3c4ccccc4C(=C1)C32.Cc1ccc(N(c2ccc(C)cc2)c2ccc3c(c2)-c2cccc4c(N(c5ccc(C)cc5)c5ccc(C)cc5)ccc-3c24)cc1.Cc1ccc(Nc2ccc(C)cc2)cc1. The summed E-state index contributed by atoms with van der Waals surface area (Å²) in [5.41, 5.74) is 33.4. The molecular formula is C90H73Br2N3. The van der Waals surface area contributed by atoms with E-state index in [0.29, 0.717) is 23.7 Å². The first-order valence-corrected chi connectivity index (χ1v) is 34.6. The van der Waals surface area contributed by atoms with E-state index < -0.39 is 0 Å². The predicted octanol–water partition coefficient (Wildman–Crippen LogP) is 25.9. The van der Waals surface area contributed by atoms with Crippen molar-refractivity contribution in [3.05, 3.63) is 368 Å². The molecule has 0 amide bonds. The van der Waals surface area contributed by atoms with Crippen molar-refractivity contribution in [2.75, 3.05) is 15.1 Å². The van der Waals surface area contributed by atoms with Gasteiger partial charge in [0.15, 0.2) is 0 Å². The third-order valence-electron chi connectivity index (χ3n) is 19.5. The number of rotatable bonds is 8. The topological polar surface area (TPSA) is 18.5 Å². The Hall–Kier alpha value is -10.0. The molecule has 462 valence electrons. The zero-order valence-corrected chi connectivity index (χ0v) is 57.5. The van der Waals surface area contributed by atoms with Crippen LogP contribution in [-0.4, -0.2) is 0 Å². The molecule has 7 aliphatic rings. The van der Waals surface area contributed by atoms with E-state index in [9.17, 15) is 0 Å². The molecule has 0 heterocycles. The lowest BCUT2D eigenvalue weighted by Gasteiger charge is -2.28. The Morgan fingerprint density at radius 1 is 0.316 bits per heavy atom. The molecule has 0 aliphatic heterocycles. The summed E-state index contributed by atoms with van der Waals surface area (Å²) in [6, 6.07) is 85.9. The lowest BCUT2D eigenvalue weighted by molar-refractivity contribution is 0.699. The maximum atomic E-state index is 3.70. The van der Waals surface area contributed by atoms with Crippen molar-refractivity contribution in [2.45, 2.75) is 41.5 Å². The van der Waals surface area contributed by atoms with Gasteiger partial charge in [-0.2, -0.15) is 0 Å². The molecule has 0 fully saturated rings. The van der Waals surface area contributed by atoms with Crippen molar-refractivity contribution in [2.24, 2.45) is 23.7 Å². The monoisotopic (exact) mass is 1350 g/mol. The van der Waals surface area contributed by atoms with Crippen molar-refractivity contribution < 1.29 is 0 Å². The van der Waals surface area contributed by atoms with Crippen molar-refractivity contribution >= 4 is 110 Å². The molecule has 0 radical (unpaired) electrons. The van der Waals surface area contributed by atoms with Crippen LogP contribution in [0.2, 0.25) is 0 Å². The van der Waals surface area contributed by atoms with Gasteiger partial charge < -0.3 is 15.1 Å². The zero-order chi connectivity index (χ0) is 64.8. The number of halogens is 2. The number of nitrogens with zero attached hydrogens (tertiary/aromatic N) is 2. The van der Waals surface area contributed by atoms with Gasteiger partial charge in [-0.25, -0.2) is 0 Å². The minimum atomic E-state index is 0.469. The summed E-state index contributed by atoms with van der Waals surface area (Å²) < 4.78 is 2.43. The van der Waals surface area contributed by atoms with Crippen LogP contribution in [0.4, 0.5) is 45.5 Å². The quantitative estimate of drug-likeness (QED) is 0.164. The van der Waals surface area contributed by atoms with Crippen molar-refractivity contribution in [1.82, 2.24) is 0 Å². The van der Waals surface area contributed by atoms with Crippen LogP contribution in [0.25, 0.3) is 55.3 Å². The van der Waals surface area contributed by atoms with Gasteiger partial charge in [0, 0.05) is 77.8 Å². The van der Waals surface area contributed by atoms with Crippen LogP contribution in [-0.2, 0) is 0 Å². The largest absolute Gasteiger partial charge is 0.356 e. The summed E-state index contributed by atoms with van der Waals surface area (Å²) >= 11 is 7.28. The van der Waals surface area contributed by atoms with Crippen molar-refractivity contribution in [3.63, 3.8) is 0 Å². The van der Waals surface area contributed by atoms with Gasteiger partial charge in [-0.1, -0.05) is 266 Å². The molecule has 2 atom stereocenters. The van der Waals surface area contributed by atoms with E-state index in [2.05, 4.69) is 392 Å². The number of nitrogens with one attached hydrogen (secondary N) is 1. The highest BCUT2D eigenvalue weighted by molar-refractivity contribution is 9.11. The summed E-state index contributed by atoms with van der Waals surface area (Å²) in [6.07, 6.45) is 24.8. The summed E-state index contributed by atoms with van der Waals surface area (Å²) in [5, 5.41) is 5.92. The third-order valence-corrected chi connectivity index (χ3v) is 20.7. The van der Waals surface area contributed by atoms with Gasteiger partial charge in [-0.3, -0.25) is 0 Å². The number of benzene rings is 11. The van der Waals surface area contributed by atoms with E-state index in [0.717, 1.165) is 44.3 Å². The number of hydrogen-bond donors (Lipinski definition) is 1. The van der Waals surface area contributed by atoms with E-state index in [1.807, 2.05) is 0 Å². The molecule has 0 saturated heterocycles. The Labute approximate surface area is 576 Å². The van der Waals surface area contributed by atoms with E-state index in [4.69, 9.17) is 0 Å². The molecule has 0 spiro atoms. The highest BCUT2D eigenvalue weighted by Gasteiger charge is 2.40. The van der Waals surface area contributed by atoms with Gasteiger partial charge in [0.25, 0.3) is 0 Å². The van der Waals surface area contributed by atoms with Gasteiger partial charge in [0.1, 0.15) is 0 Å². The van der Waals surface area contributed by atoms with Crippen LogP contribution < -0.4 is 15.1 Å². The molecule has 18 rings (SSSR count). The van der Waals surface area contributed by atoms with Crippen LogP contribution in [0.1, 0.15) is 55.6 Å². The minimum absolute atomic E-state index is 0.469. The average molecular weight is 1360 g/mol. The molecule has 95 heavy (non-hydrogen) atoms. The Morgan fingerprint density at radius 2 is 0.737 bits per heavy atom. The smallest absolute Gasteiger partial charge is 0.0540 e. The zero-order valence-electron chi connectivity index (χ0n) is 54.3. The van der Waals surface area contributed by atoms with Crippen LogP contribution >= 0.6 is 31.9 Å². The Morgan fingerprint density at radius 3 is 1.27 bits per heavy atom. The van der Waals surface area contributed by atoms with E-state index in [-0.39, 0.29) is 0 Å². The lowest BCUT2D eigenvalue weighted by Crippen LogP contribution is -2.16. The average Bonchev–Trinajstić information content (AvgIpc) is 1.61.